The number of nitrogens with zero attached hydrogens (tertiary/aromatic N) is 1. The molecule has 0 amide bonds. The Morgan fingerprint density at radius 2 is 1.94 bits per heavy atom. The number of nitrogens with one attached hydrogen (secondary N) is 1. The van der Waals surface area contributed by atoms with Gasteiger partial charge in [-0.05, 0) is 42.9 Å². The molecule has 0 bridgehead atoms. The summed E-state index contributed by atoms with van der Waals surface area (Å²) < 4.78 is 2.34. The second-order valence-electron chi connectivity index (χ2n) is 6.00. The van der Waals surface area contributed by atoms with Crippen LogP contribution in [0.3, 0.4) is 0 Å². The van der Waals surface area contributed by atoms with Crippen molar-refractivity contribution in [2.24, 2.45) is 11.8 Å². The zero-order valence-corrected chi connectivity index (χ0v) is 12.7. The van der Waals surface area contributed by atoms with Crippen molar-refractivity contribution in [3.63, 3.8) is 0 Å². The van der Waals surface area contributed by atoms with Crippen molar-refractivity contribution in [2.75, 3.05) is 6.54 Å². The molecule has 2 nitrogen and oxygen atoms in total. The van der Waals surface area contributed by atoms with E-state index in [1.54, 1.807) is 0 Å². The van der Waals surface area contributed by atoms with Crippen LogP contribution in [0, 0.1) is 11.8 Å². The van der Waals surface area contributed by atoms with Crippen LogP contribution in [0.4, 0.5) is 0 Å². The van der Waals surface area contributed by atoms with Crippen LogP contribution in [0.2, 0.25) is 0 Å². The average Bonchev–Trinajstić information content (AvgIpc) is 2.73. The molecule has 1 unspecified atom stereocenters. The van der Waals surface area contributed by atoms with Gasteiger partial charge < -0.3 is 9.88 Å². The van der Waals surface area contributed by atoms with Crippen LogP contribution in [0.1, 0.15) is 59.1 Å². The molecule has 0 fully saturated rings. The number of aromatic nitrogens is 1. The van der Waals surface area contributed by atoms with E-state index in [9.17, 15) is 0 Å². The molecule has 2 heteroatoms. The third-order valence-corrected chi connectivity index (χ3v) is 3.42. The van der Waals surface area contributed by atoms with Crippen molar-refractivity contribution >= 4 is 0 Å². The molecular weight excluding hydrogens is 220 g/mol. The fourth-order valence-electron chi connectivity index (χ4n) is 2.42. The van der Waals surface area contributed by atoms with Gasteiger partial charge in [-0.2, -0.15) is 0 Å². The molecule has 1 heterocycles. The van der Waals surface area contributed by atoms with Crippen molar-refractivity contribution < 1.29 is 0 Å². The maximum Gasteiger partial charge on any atom is 0.0358 e. The van der Waals surface area contributed by atoms with Crippen molar-refractivity contribution in [3.8, 4) is 0 Å². The molecule has 1 rings (SSSR count). The van der Waals surface area contributed by atoms with Crippen LogP contribution in [-0.4, -0.2) is 11.1 Å². The predicted octanol–water partition coefficient (Wildman–Crippen LogP) is 4.23. The summed E-state index contributed by atoms with van der Waals surface area (Å²) in [7, 11) is 0. The lowest BCUT2D eigenvalue weighted by Crippen LogP contribution is -2.25. The maximum atomic E-state index is 3.57. The molecule has 0 spiro atoms. The summed E-state index contributed by atoms with van der Waals surface area (Å²) in [6.07, 6.45) is 7.13. The summed E-state index contributed by atoms with van der Waals surface area (Å²) in [5.41, 5.74) is 1.43. The third-order valence-electron chi connectivity index (χ3n) is 3.42. The molecule has 0 radical (unpaired) electrons. The van der Waals surface area contributed by atoms with Crippen LogP contribution in [0.5, 0.6) is 0 Å². The van der Waals surface area contributed by atoms with E-state index in [0.717, 1.165) is 19.0 Å². The molecule has 0 aromatic carbocycles. The highest BCUT2D eigenvalue weighted by Gasteiger charge is 2.15. The van der Waals surface area contributed by atoms with Gasteiger partial charge in [-0.25, -0.2) is 0 Å². The number of rotatable bonds is 8. The molecule has 0 aliphatic rings. The van der Waals surface area contributed by atoms with Gasteiger partial charge in [0.15, 0.2) is 0 Å². The van der Waals surface area contributed by atoms with Gasteiger partial charge in [0.1, 0.15) is 0 Å². The number of hydrogen-bond acceptors (Lipinski definition) is 1. The smallest absolute Gasteiger partial charge is 0.0358 e. The van der Waals surface area contributed by atoms with Gasteiger partial charge in [0.25, 0.3) is 0 Å². The van der Waals surface area contributed by atoms with Gasteiger partial charge in [0.05, 0.1) is 0 Å². The third kappa shape index (κ3) is 4.85. The van der Waals surface area contributed by atoms with E-state index in [1.165, 1.54) is 18.4 Å². The summed E-state index contributed by atoms with van der Waals surface area (Å²) in [5, 5.41) is 3.57. The Morgan fingerprint density at radius 3 is 2.50 bits per heavy atom. The Labute approximate surface area is 113 Å². The monoisotopic (exact) mass is 250 g/mol. The fourth-order valence-corrected chi connectivity index (χ4v) is 2.42. The van der Waals surface area contributed by atoms with Crippen LogP contribution in [-0.2, 0) is 6.54 Å². The maximum absolute atomic E-state index is 3.57. The van der Waals surface area contributed by atoms with Crippen LogP contribution in [0.15, 0.2) is 18.5 Å². The van der Waals surface area contributed by atoms with Crippen molar-refractivity contribution in [2.45, 2.75) is 60.0 Å². The highest BCUT2D eigenvalue weighted by atomic mass is 15.0. The Kier molecular flexibility index (Phi) is 6.48. The molecule has 0 saturated carbocycles. The van der Waals surface area contributed by atoms with Gasteiger partial charge in [0.2, 0.25) is 0 Å². The first-order chi connectivity index (χ1) is 8.54. The van der Waals surface area contributed by atoms with Crippen LogP contribution in [0.25, 0.3) is 0 Å². The lowest BCUT2D eigenvalue weighted by atomic mass is 9.98. The summed E-state index contributed by atoms with van der Waals surface area (Å²) in [5.74, 6) is 1.45. The highest BCUT2D eigenvalue weighted by molar-refractivity contribution is 5.16. The van der Waals surface area contributed by atoms with Gasteiger partial charge >= 0.3 is 0 Å². The van der Waals surface area contributed by atoms with E-state index in [1.807, 2.05) is 0 Å². The largest absolute Gasteiger partial charge is 0.354 e. The minimum Gasteiger partial charge on any atom is -0.354 e. The minimum absolute atomic E-state index is 0.487. The van der Waals surface area contributed by atoms with Crippen molar-refractivity contribution in [1.82, 2.24) is 9.88 Å². The molecule has 0 saturated heterocycles. The topological polar surface area (TPSA) is 17.0 Å². The first kappa shape index (κ1) is 15.3. The van der Waals surface area contributed by atoms with Gasteiger partial charge in [-0.1, -0.05) is 34.6 Å². The summed E-state index contributed by atoms with van der Waals surface area (Å²) >= 11 is 0. The normalized spacial score (nSPS) is 13.5. The lowest BCUT2D eigenvalue weighted by Gasteiger charge is -2.20. The second kappa shape index (κ2) is 7.63. The molecule has 1 aromatic rings. The summed E-state index contributed by atoms with van der Waals surface area (Å²) in [6, 6.07) is 2.75. The Hall–Kier alpha value is -0.760. The van der Waals surface area contributed by atoms with Gasteiger partial charge in [-0.15, -0.1) is 0 Å². The average molecular weight is 250 g/mol. The zero-order chi connectivity index (χ0) is 13.5. The molecule has 18 heavy (non-hydrogen) atoms. The van der Waals surface area contributed by atoms with E-state index in [-0.39, 0.29) is 0 Å². The van der Waals surface area contributed by atoms with E-state index >= 15 is 0 Å². The molecule has 1 N–H and O–H groups in total. The zero-order valence-electron chi connectivity index (χ0n) is 12.7. The quantitative estimate of drug-likeness (QED) is 0.730. The molecular formula is C16H30N2. The lowest BCUT2D eigenvalue weighted by molar-refractivity contribution is 0.421. The molecule has 1 atom stereocenters. The Balaban J connectivity index is 2.55. The van der Waals surface area contributed by atoms with Gasteiger partial charge in [0, 0.05) is 25.0 Å². The SMILES string of the molecule is CCNC(c1ccn(CCCC(C)C)c1)C(C)C. The molecule has 0 aliphatic carbocycles. The van der Waals surface area contributed by atoms with Crippen molar-refractivity contribution in [1.29, 1.82) is 0 Å². The molecule has 1 aromatic heterocycles. The van der Waals surface area contributed by atoms with E-state index < -0.39 is 0 Å². The predicted molar refractivity (Wildman–Crippen MR) is 79.8 cm³/mol. The standard InChI is InChI=1S/C16H30N2/c1-6-17-16(14(4)5)15-9-11-18(12-15)10-7-8-13(2)3/h9,11-14,16-17H,6-8,10H2,1-5H3. The Bertz CT molecular complexity index is 326. The summed E-state index contributed by atoms with van der Waals surface area (Å²) in [6.45, 7) is 13.5. The first-order valence-corrected chi connectivity index (χ1v) is 7.43. The fraction of sp³-hybridized carbons (Fsp3) is 0.750. The van der Waals surface area contributed by atoms with Gasteiger partial charge in [-0.3, -0.25) is 0 Å². The Morgan fingerprint density at radius 1 is 1.22 bits per heavy atom. The molecule has 104 valence electrons. The second-order valence-corrected chi connectivity index (χ2v) is 6.00. The van der Waals surface area contributed by atoms with E-state index in [4.69, 9.17) is 0 Å². The highest BCUT2D eigenvalue weighted by Crippen LogP contribution is 2.22. The first-order valence-electron chi connectivity index (χ1n) is 7.43. The number of aryl methyl sites for hydroxylation is 1. The van der Waals surface area contributed by atoms with E-state index in [2.05, 4.69) is 63.0 Å². The minimum atomic E-state index is 0.487. The summed E-state index contributed by atoms with van der Waals surface area (Å²) in [4.78, 5) is 0. The van der Waals surface area contributed by atoms with E-state index in [0.29, 0.717) is 12.0 Å². The van der Waals surface area contributed by atoms with Crippen molar-refractivity contribution in [3.05, 3.63) is 24.0 Å². The number of hydrogen-bond donors (Lipinski definition) is 1. The van der Waals surface area contributed by atoms with Crippen LogP contribution < -0.4 is 5.32 Å². The molecule has 0 aliphatic heterocycles. The van der Waals surface area contributed by atoms with Crippen LogP contribution >= 0.6 is 0 Å².